The summed E-state index contributed by atoms with van der Waals surface area (Å²) in [5.41, 5.74) is 1.75. The van der Waals surface area contributed by atoms with Gasteiger partial charge in [-0.05, 0) is 45.0 Å². The van der Waals surface area contributed by atoms with Crippen LogP contribution in [-0.4, -0.2) is 33.2 Å². The molecule has 2 aromatic carbocycles. The lowest BCUT2D eigenvalue weighted by molar-refractivity contribution is 0.112. The fourth-order valence-corrected chi connectivity index (χ4v) is 2.45. The Morgan fingerprint density at radius 2 is 1.70 bits per heavy atom. The Kier molecular flexibility index (Phi) is 7.13. The van der Waals surface area contributed by atoms with Gasteiger partial charge in [0.05, 0.1) is 26.9 Å². The number of aldehydes is 1. The van der Waals surface area contributed by atoms with Gasteiger partial charge in [0.15, 0.2) is 29.3 Å². The highest BCUT2D eigenvalue weighted by molar-refractivity contribution is 5.81. The van der Waals surface area contributed by atoms with E-state index < -0.39 is 0 Å². The van der Waals surface area contributed by atoms with Crippen LogP contribution in [0.5, 0.6) is 23.0 Å². The van der Waals surface area contributed by atoms with Gasteiger partial charge in [0.25, 0.3) is 0 Å². The summed E-state index contributed by atoms with van der Waals surface area (Å²) in [6.07, 6.45) is 0.725. The second-order valence-electron chi connectivity index (χ2n) is 5.92. The molecular formula is C22H24O5. The summed E-state index contributed by atoms with van der Waals surface area (Å²) < 4.78 is 21.9. The Morgan fingerprint density at radius 1 is 0.963 bits per heavy atom. The molecular weight excluding hydrogens is 344 g/mol. The van der Waals surface area contributed by atoms with Crippen LogP contribution >= 0.6 is 0 Å². The van der Waals surface area contributed by atoms with Crippen LogP contribution in [0.4, 0.5) is 0 Å². The van der Waals surface area contributed by atoms with Crippen LogP contribution < -0.4 is 18.9 Å². The topological polar surface area (TPSA) is 54.0 Å². The molecule has 0 aliphatic rings. The Hall–Kier alpha value is -3.13. The standard InChI is InChI=1S/C22H24O5/c1-6-26-21-11-16(8-10-19(21)24-4)7-9-17-12-20(25-5)22(27-15(2)3)13-18(17)14-23/h8,10-15H,6H2,1-5H3. The van der Waals surface area contributed by atoms with E-state index in [1.54, 1.807) is 32.4 Å². The van der Waals surface area contributed by atoms with Gasteiger partial charge < -0.3 is 18.9 Å². The molecule has 0 aromatic heterocycles. The Bertz CT molecular complexity index is 859. The van der Waals surface area contributed by atoms with Gasteiger partial charge in [-0.1, -0.05) is 11.8 Å². The van der Waals surface area contributed by atoms with Gasteiger partial charge in [0, 0.05) is 22.8 Å². The van der Waals surface area contributed by atoms with Crippen molar-refractivity contribution < 1.29 is 23.7 Å². The first-order chi connectivity index (χ1) is 13.0. The molecule has 0 radical (unpaired) electrons. The Balaban J connectivity index is 2.43. The molecule has 0 fully saturated rings. The van der Waals surface area contributed by atoms with E-state index in [1.165, 1.54) is 0 Å². The van der Waals surface area contributed by atoms with Crippen LogP contribution in [0.1, 0.15) is 42.3 Å². The third-order valence-electron chi connectivity index (χ3n) is 3.63. The van der Waals surface area contributed by atoms with Gasteiger partial charge in [0.1, 0.15) is 0 Å². The lowest BCUT2D eigenvalue weighted by atomic mass is 10.1. The number of hydrogen-bond donors (Lipinski definition) is 0. The van der Waals surface area contributed by atoms with Gasteiger partial charge in [-0.15, -0.1) is 0 Å². The Morgan fingerprint density at radius 3 is 2.30 bits per heavy atom. The molecule has 27 heavy (non-hydrogen) atoms. The highest BCUT2D eigenvalue weighted by atomic mass is 16.5. The summed E-state index contributed by atoms with van der Waals surface area (Å²) >= 11 is 0. The second kappa shape index (κ2) is 9.54. The van der Waals surface area contributed by atoms with Crippen molar-refractivity contribution in [1.29, 1.82) is 0 Å². The lowest BCUT2D eigenvalue weighted by Crippen LogP contribution is -2.07. The maximum atomic E-state index is 11.5. The van der Waals surface area contributed by atoms with E-state index in [4.69, 9.17) is 18.9 Å². The van der Waals surface area contributed by atoms with Gasteiger partial charge in [-0.2, -0.15) is 0 Å². The number of benzene rings is 2. The largest absolute Gasteiger partial charge is 0.493 e. The van der Waals surface area contributed by atoms with Crippen molar-refractivity contribution in [3.63, 3.8) is 0 Å². The zero-order valence-corrected chi connectivity index (χ0v) is 16.3. The number of carbonyl (C=O) groups is 1. The molecule has 0 aliphatic carbocycles. The van der Waals surface area contributed by atoms with Crippen LogP contribution in [0.15, 0.2) is 30.3 Å². The zero-order chi connectivity index (χ0) is 19.8. The second-order valence-corrected chi connectivity index (χ2v) is 5.92. The van der Waals surface area contributed by atoms with E-state index in [1.807, 2.05) is 32.9 Å². The molecule has 0 saturated heterocycles. The van der Waals surface area contributed by atoms with E-state index in [2.05, 4.69) is 11.8 Å². The van der Waals surface area contributed by atoms with Crippen LogP contribution in [0.3, 0.4) is 0 Å². The number of rotatable bonds is 7. The molecule has 0 atom stereocenters. The predicted molar refractivity (Wildman–Crippen MR) is 104 cm³/mol. The molecule has 142 valence electrons. The normalized spacial score (nSPS) is 10.0. The predicted octanol–water partition coefficient (Wildman–Crippen LogP) is 4.10. The first kappa shape index (κ1) is 20.2. The van der Waals surface area contributed by atoms with Crippen molar-refractivity contribution in [1.82, 2.24) is 0 Å². The van der Waals surface area contributed by atoms with Crippen molar-refractivity contribution in [2.75, 3.05) is 20.8 Å². The van der Waals surface area contributed by atoms with Crippen molar-refractivity contribution in [2.45, 2.75) is 26.9 Å². The summed E-state index contributed by atoms with van der Waals surface area (Å²) in [4.78, 5) is 11.5. The molecule has 0 heterocycles. The fourth-order valence-electron chi connectivity index (χ4n) is 2.45. The molecule has 2 aromatic rings. The van der Waals surface area contributed by atoms with Gasteiger partial charge in [0.2, 0.25) is 0 Å². The summed E-state index contributed by atoms with van der Waals surface area (Å²) in [6, 6.07) is 8.80. The van der Waals surface area contributed by atoms with Crippen LogP contribution in [-0.2, 0) is 0 Å². The number of carbonyl (C=O) groups excluding carboxylic acids is 1. The molecule has 5 nitrogen and oxygen atoms in total. The maximum Gasteiger partial charge on any atom is 0.162 e. The fraction of sp³-hybridized carbons (Fsp3) is 0.318. The molecule has 0 unspecified atom stereocenters. The molecule has 2 rings (SSSR count). The summed E-state index contributed by atoms with van der Waals surface area (Å²) in [7, 11) is 3.14. The minimum atomic E-state index is -0.0355. The molecule has 0 spiro atoms. The van der Waals surface area contributed by atoms with Gasteiger partial charge >= 0.3 is 0 Å². The van der Waals surface area contributed by atoms with E-state index in [0.717, 1.165) is 11.8 Å². The first-order valence-electron chi connectivity index (χ1n) is 8.69. The van der Waals surface area contributed by atoms with Crippen LogP contribution in [0, 0.1) is 11.8 Å². The number of ether oxygens (including phenoxy) is 4. The number of methoxy groups -OCH3 is 2. The first-order valence-corrected chi connectivity index (χ1v) is 8.69. The quantitative estimate of drug-likeness (QED) is 0.544. The van der Waals surface area contributed by atoms with Crippen molar-refractivity contribution in [3.05, 3.63) is 47.0 Å². The van der Waals surface area contributed by atoms with Crippen molar-refractivity contribution >= 4 is 6.29 Å². The molecule has 5 heteroatoms. The van der Waals surface area contributed by atoms with Gasteiger partial charge in [-0.3, -0.25) is 4.79 Å². The number of hydrogen-bond acceptors (Lipinski definition) is 5. The lowest BCUT2D eigenvalue weighted by Gasteiger charge is -2.14. The Labute approximate surface area is 160 Å². The monoisotopic (exact) mass is 368 g/mol. The van der Waals surface area contributed by atoms with Crippen molar-refractivity contribution in [3.8, 4) is 34.8 Å². The molecule has 0 N–H and O–H groups in total. The minimum Gasteiger partial charge on any atom is -0.493 e. The summed E-state index contributed by atoms with van der Waals surface area (Å²) in [5, 5.41) is 0. The van der Waals surface area contributed by atoms with Gasteiger partial charge in [-0.25, -0.2) is 0 Å². The highest BCUT2D eigenvalue weighted by Crippen LogP contribution is 2.31. The van der Waals surface area contributed by atoms with Crippen molar-refractivity contribution in [2.24, 2.45) is 0 Å². The maximum absolute atomic E-state index is 11.5. The van der Waals surface area contributed by atoms with E-state index in [-0.39, 0.29) is 6.10 Å². The smallest absolute Gasteiger partial charge is 0.162 e. The van der Waals surface area contributed by atoms with E-state index in [9.17, 15) is 4.79 Å². The average molecular weight is 368 g/mol. The van der Waals surface area contributed by atoms with E-state index >= 15 is 0 Å². The molecule has 0 aliphatic heterocycles. The third-order valence-corrected chi connectivity index (χ3v) is 3.63. The minimum absolute atomic E-state index is 0.0355. The molecule has 0 bridgehead atoms. The van der Waals surface area contributed by atoms with Crippen LogP contribution in [0.2, 0.25) is 0 Å². The third kappa shape index (κ3) is 5.18. The van der Waals surface area contributed by atoms with E-state index in [0.29, 0.717) is 40.7 Å². The molecule has 0 saturated carbocycles. The summed E-state index contributed by atoms with van der Waals surface area (Å²) in [6.45, 7) is 6.25. The van der Waals surface area contributed by atoms with Crippen LogP contribution in [0.25, 0.3) is 0 Å². The average Bonchev–Trinajstić information content (AvgIpc) is 2.66. The SMILES string of the molecule is CCOc1cc(C#Cc2cc(OC)c(OC(C)C)cc2C=O)ccc1OC. The highest BCUT2D eigenvalue weighted by Gasteiger charge is 2.12. The zero-order valence-electron chi connectivity index (χ0n) is 16.3. The molecule has 0 amide bonds. The summed E-state index contributed by atoms with van der Waals surface area (Å²) in [5.74, 6) is 8.41.